The topological polar surface area (TPSA) is 53.7 Å². The van der Waals surface area contributed by atoms with E-state index in [1.54, 1.807) is 7.11 Å². The van der Waals surface area contributed by atoms with Crippen LogP contribution in [0.15, 0.2) is 24.3 Å². The molecule has 2 unspecified atom stereocenters. The van der Waals surface area contributed by atoms with Crippen molar-refractivity contribution in [2.75, 3.05) is 13.7 Å². The van der Waals surface area contributed by atoms with Crippen molar-refractivity contribution in [3.8, 4) is 5.75 Å². The first kappa shape index (κ1) is 23.2. The van der Waals surface area contributed by atoms with Crippen molar-refractivity contribution < 1.29 is 14.2 Å². The fourth-order valence-corrected chi connectivity index (χ4v) is 3.93. The van der Waals surface area contributed by atoms with Gasteiger partial charge in [0.1, 0.15) is 5.75 Å². The molecule has 0 spiro atoms. The van der Waals surface area contributed by atoms with Gasteiger partial charge in [-0.1, -0.05) is 45.2 Å². The van der Waals surface area contributed by atoms with Crippen LogP contribution in [0.1, 0.15) is 84.1 Å². The molecule has 2 rings (SSSR count). The Morgan fingerprint density at radius 1 is 1.07 bits per heavy atom. The van der Waals surface area contributed by atoms with E-state index in [0.29, 0.717) is 30.9 Å². The maximum atomic E-state index is 6.36. The highest BCUT2D eigenvalue weighted by atomic mass is 16.7. The van der Waals surface area contributed by atoms with Crippen molar-refractivity contribution in [2.45, 2.75) is 96.6 Å². The summed E-state index contributed by atoms with van der Waals surface area (Å²) < 4.78 is 18.3. The Morgan fingerprint density at radius 2 is 1.71 bits per heavy atom. The number of ether oxygens (including phenoxy) is 3. The lowest BCUT2D eigenvalue weighted by molar-refractivity contribution is -0.159. The van der Waals surface area contributed by atoms with E-state index in [4.69, 9.17) is 19.9 Å². The van der Waals surface area contributed by atoms with Crippen LogP contribution in [-0.2, 0) is 9.47 Å². The summed E-state index contributed by atoms with van der Waals surface area (Å²) in [5, 5.41) is 0. The third-order valence-electron chi connectivity index (χ3n) is 5.77. The summed E-state index contributed by atoms with van der Waals surface area (Å²) >= 11 is 0. The van der Waals surface area contributed by atoms with Crippen LogP contribution in [0, 0.1) is 5.92 Å². The van der Waals surface area contributed by atoms with Crippen LogP contribution >= 0.6 is 0 Å². The van der Waals surface area contributed by atoms with E-state index in [-0.39, 0.29) is 11.9 Å². The fourth-order valence-electron chi connectivity index (χ4n) is 3.93. The van der Waals surface area contributed by atoms with Crippen molar-refractivity contribution in [1.29, 1.82) is 0 Å². The minimum atomic E-state index is -0.301. The molecule has 2 N–H and O–H groups in total. The normalized spacial score (nSPS) is 18.2. The first-order chi connectivity index (χ1) is 13.3. The summed E-state index contributed by atoms with van der Waals surface area (Å²) in [5.41, 5.74) is 6.99. The monoisotopic (exact) mass is 391 g/mol. The summed E-state index contributed by atoms with van der Waals surface area (Å²) in [5.74, 6) is 1.88. The predicted octanol–water partition coefficient (Wildman–Crippen LogP) is 5.64. The summed E-state index contributed by atoms with van der Waals surface area (Å²) in [6.07, 6.45) is 7.84. The number of nitrogens with two attached hydrogens (primary N) is 1. The van der Waals surface area contributed by atoms with Gasteiger partial charge in [-0.25, -0.2) is 0 Å². The highest BCUT2D eigenvalue weighted by molar-refractivity contribution is 5.29. The Balaban J connectivity index is 2.04. The first-order valence-corrected chi connectivity index (χ1v) is 11.0. The molecule has 2 atom stereocenters. The zero-order valence-electron chi connectivity index (χ0n) is 18.6. The Labute approximate surface area is 172 Å². The predicted molar refractivity (Wildman–Crippen MR) is 116 cm³/mol. The Kier molecular flexibility index (Phi) is 9.26. The molecule has 28 heavy (non-hydrogen) atoms. The molecule has 160 valence electrons. The highest BCUT2D eigenvalue weighted by Crippen LogP contribution is 2.29. The highest BCUT2D eigenvalue weighted by Gasteiger charge is 2.28. The quantitative estimate of drug-likeness (QED) is 0.496. The molecule has 1 aromatic carbocycles. The fraction of sp³-hybridized carbons (Fsp3) is 0.750. The molecule has 1 saturated carbocycles. The van der Waals surface area contributed by atoms with Crippen LogP contribution in [0.3, 0.4) is 0 Å². The molecule has 0 radical (unpaired) electrons. The molecule has 0 aromatic heterocycles. The van der Waals surface area contributed by atoms with Gasteiger partial charge in [0.2, 0.25) is 6.29 Å². The number of benzene rings is 1. The summed E-state index contributed by atoms with van der Waals surface area (Å²) in [4.78, 5) is 0. The second-order valence-corrected chi connectivity index (χ2v) is 9.24. The van der Waals surface area contributed by atoms with Crippen LogP contribution in [0.4, 0.5) is 0 Å². The Bertz CT molecular complexity index is 549. The molecular weight excluding hydrogens is 350 g/mol. The lowest BCUT2D eigenvalue weighted by Crippen LogP contribution is -2.36. The molecule has 1 fully saturated rings. The van der Waals surface area contributed by atoms with Crippen LogP contribution in [-0.4, -0.2) is 31.6 Å². The van der Waals surface area contributed by atoms with E-state index in [1.165, 1.54) is 24.8 Å². The largest absolute Gasteiger partial charge is 0.465 e. The van der Waals surface area contributed by atoms with Gasteiger partial charge in [0.05, 0.1) is 11.7 Å². The van der Waals surface area contributed by atoms with E-state index < -0.39 is 0 Å². The third kappa shape index (κ3) is 7.73. The second-order valence-electron chi connectivity index (χ2n) is 9.24. The van der Waals surface area contributed by atoms with Crippen molar-refractivity contribution in [3.63, 3.8) is 0 Å². The van der Waals surface area contributed by atoms with Crippen LogP contribution in [0.2, 0.25) is 0 Å². The lowest BCUT2D eigenvalue weighted by Gasteiger charge is -2.32. The van der Waals surface area contributed by atoms with Gasteiger partial charge < -0.3 is 19.9 Å². The first-order valence-electron chi connectivity index (χ1n) is 11.0. The van der Waals surface area contributed by atoms with Crippen LogP contribution in [0.5, 0.6) is 5.75 Å². The van der Waals surface area contributed by atoms with E-state index >= 15 is 0 Å². The molecule has 0 amide bonds. The van der Waals surface area contributed by atoms with Crippen molar-refractivity contribution in [3.05, 3.63) is 29.8 Å². The van der Waals surface area contributed by atoms with Crippen molar-refractivity contribution in [2.24, 2.45) is 11.7 Å². The molecule has 0 aliphatic heterocycles. The lowest BCUT2D eigenvalue weighted by atomic mass is 9.90. The SMILES string of the molecule is COC(C)(C)CC(Oc1ccc(C(CN)CC(C)C)cc1)OC1CCCCC1. The average Bonchev–Trinajstić information content (AvgIpc) is 2.67. The van der Waals surface area contributed by atoms with E-state index in [2.05, 4.69) is 52.0 Å². The molecule has 1 aliphatic rings. The van der Waals surface area contributed by atoms with Gasteiger partial charge in [0.25, 0.3) is 0 Å². The molecule has 0 saturated heterocycles. The van der Waals surface area contributed by atoms with Gasteiger partial charge in [0, 0.05) is 13.5 Å². The summed E-state index contributed by atoms with van der Waals surface area (Å²) in [6.45, 7) is 9.31. The molecule has 4 heteroatoms. The molecule has 4 nitrogen and oxygen atoms in total. The van der Waals surface area contributed by atoms with E-state index in [0.717, 1.165) is 25.0 Å². The average molecular weight is 392 g/mol. The van der Waals surface area contributed by atoms with Gasteiger partial charge in [-0.3, -0.25) is 0 Å². The zero-order valence-corrected chi connectivity index (χ0v) is 18.6. The van der Waals surface area contributed by atoms with Crippen molar-refractivity contribution in [1.82, 2.24) is 0 Å². The van der Waals surface area contributed by atoms with Crippen molar-refractivity contribution >= 4 is 0 Å². The summed E-state index contributed by atoms with van der Waals surface area (Å²) in [6, 6.07) is 8.40. The standard InChI is InChI=1S/C24H41NO3/c1-18(2)15-20(17-25)19-11-13-22(14-12-19)28-23(16-24(3,4)26-5)27-21-9-7-6-8-10-21/h11-14,18,20-21,23H,6-10,15-17,25H2,1-5H3. The number of hydrogen-bond donors (Lipinski definition) is 1. The van der Waals surface area contributed by atoms with Gasteiger partial charge in [-0.15, -0.1) is 0 Å². The van der Waals surface area contributed by atoms with Gasteiger partial charge in [-0.05, 0) is 69.2 Å². The maximum Gasteiger partial charge on any atom is 0.202 e. The molecule has 0 heterocycles. The molecule has 1 aliphatic carbocycles. The van der Waals surface area contributed by atoms with Gasteiger partial charge in [0.15, 0.2) is 0 Å². The summed E-state index contributed by atoms with van der Waals surface area (Å²) in [7, 11) is 1.74. The van der Waals surface area contributed by atoms with Crippen LogP contribution < -0.4 is 10.5 Å². The smallest absolute Gasteiger partial charge is 0.202 e. The maximum absolute atomic E-state index is 6.36. The van der Waals surface area contributed by atoms with E-state index in [1.807, 2.05) is 0 Å². The number of methoxy groups -OCH3 is 1. The number of rotatable bonds is 11. The van der Waals surface area contributed by atoms with Crippen LogP contribution in [0.25, 0.3) is 0 Å². The van der Waals surface area contributed by atoms with Gasteiger partial charge >= 0.3 is 0 Å². The Hall–Kier alpha value is -1.10. The molecule has 1 aromatic rings. The Morgan fingerprint density at radius 3 is 2.25 bits per heavy atom. The number of hydrogen-bond acceptors (Lipinski definition) is 4. The van der Waals surface area contributed by atoms with E-state index in [9.17, 15) is 0 Å². The third-order valence-corrected chi connectivity index (χ3v) is 5.77. The minimum absolute atomic E-state index is 0.290. The second kappa shape index (κ2) is 11.2. The minimum Gasteiger partial charge on any atom is -0.465 e. The molecular formula is C24H41NO3. The molecule has 0 bridgehead atoms. The van der Waals surface area contributed by atoms with Gasteiger partial charge in [-0.2, -0.15) is 0 Å². The zero-order chi connectivity index (χ0) is 20.6.